The molecule has 6 heteroatoms. The van der Waals surface area contributed by atoms with Crippen LogP contribution >= 0.6 is 23.1 Å². The third kappa shape index (κ3) is 4.51. The molecule has 4 nitrogen and oxygen atoms in total. The summed E-state index contributed by atoms with van der Waals surface area (Å²) in [6, 6.07) is 15.9. The van der Waals surface area contributed by atoms with Crippen molar-refractivity contribution in [3.05, 3.63) is 54.1 Å². The van der Waals surface area contributed by atoms with E-state index in [-0.39, 0.29) is 5.91 Å². The highest BCUT2D eigenvalue weighted by Gasteiger charge is 2.23. The van der Waals surface area contributed by atoms with E-state index < -0.39 is 0 Å². The maximum atomic E-state index is 13.5. The number of hydrogen-bond acceptors (Lipinski definition) is 5. The van der Waals surface area contributed by atoms with Gasteiger partial charge in [0.25, 0.3) is 5.91 Å². The summed E-state index contributed by atoms with van der Waals surface area (Å²) in [5, 5.41) is 0.768. The second-order valence-electron chi connectivity index (χ2n) is 6.15. The Balaban J connectivity index is 1.97. The zero-order valence-corrected chi connectivity index (χ0v) is 17.6. The highest BCUT2D eigenvalue weighted by molar-refractivity contribution is 7.98. The average molecular weight is 400 g/mol. The molecule has 0 unspecified atom stereocenters. The molecule has 1 heterocycles. The van der Waals surface area contributed by atoms with Crippen molar-refractivity contribution in [2.75, 3.05) is 37.3 Å². The molecule has 0 aliphatic carbocycles. The van der Waals surface area contributed by atoms with Gasteiger partial charge in [0.15, 0.2) is 5.13 Å². The predicted molar refractivity (Wildman–Crippen MR) is 117 cm³/mol. The Bertz CT molecular complexity index is 872. The van der Waals surface area contributed by atoms with Crippen LogP contribution in [-0.2, 0) is 0 Å². The Hall–Kier alpha value is -1.89. The molecule has 1 aromatic heterocycles. The van der Waals surface area contributed by atoms with Gasteiger partial charge in [-0.25, -0.2) is 4.98 Å². The van der Waals surface area contributed by atoms with Crippen molar-refractivity contribution < 1.29 is 4.79 Å². The van der Waals surface area contributed by atoms with Crippen molar-refractivity contribution in [2.24, 2.45) is 0 Å². The van der Waals surface area contributed by atoms with Crippen LogP contribution in [0.4, 0.5) is 5.13 Å². The number of thiazole rings is 1. The summed E-state index contributed by atoms with van der Waals surface area (Å²) >= 11 is 3.18. The SMILES string of the molecule is CCN(CC)CCN(C(=O)c1ccccc1SC)c1nc2ccccc2s1. The van der Waals surface area contributed by atoms with Gasteiger partial charge in [-0.2, -0.15) is 0 Å². The molecule has 3 rings (SSSR count). The van der Waals surface area contributed by atoms with Crippen molar-refractivity contribution >= 4 is 44.4 Å². The largest absolute Gasteiger partial charge is 0.302 e. The van der Waals surface area contributed by atoms with E-state index in [1.54, 1.807) is 23.1 Å². The van der Waals surface area contributed by atoms with Gasteiger partial charge >= 0.3 is 0 Å². The number of para-hydroxylation sites is 1. The van der Waals surface area contributed by atoms with Gasteiger partial charge in [-0.3, -0.25) is 9.69 Å². The second kappa shape index (κ2) is 9.35. The number of carbonyl (C=O) groups excluding carboxylic acids is 1. The lowest BCUT2D eigenvalue weighted by Crippen LogP contribution is -2.39. The molecule has 27 heavy (non-hydrogen) atoms. The summed E-state index contributed by atoms with van der Waals surface area (Å²) in [6.07, 6.45) is 2.00. The van der Waals surface area contributed by atoms with Crippen LogP contribution in [0.2, 0.25) is 0 Å². The van der Waals surface area contributed by atoms with Gasteiger partial charge in [-0.05, 0) is 43.6 Å². The smallest absolute Gasteiger partial charge is 0.261 e. The first-order valence-corrected chi connectivity index (χ1v) is 11.2. The van der Waals surface area contributed by atoms with E-state index >= 15 is 0 Å². The molecule has 142 valence electrons. The maximum Gasteiger partial charge on any atom is 0.261 e. The molecule has 1 amide bonds. The molecule has 2 aromatic carbocycles. The van der Waals surface area contributed by atoms with E-state index in [2.05, 4.69) is 24.8 Å². The first-order valence-electron chi connectivity index (χ1n) is 9.20. The fraction of sp³-hybridized carbons (Fsp3) is 0.333. The van der Waals surface area contributed by atoms with Crippen LogP contribution in [0.1, 0.15) is 24.2 Å². The zero-order valence-electron chi connectivity index (χ0n) is 16.0. The van der Waals surface area contributed by atoms with E-state index in [1.165, 1.54) is 0 Å². The standard InChI is InChI=1S/C21H25N3OS2/c1-4-23(5-2)14-15-24(20(25)16-10-6-8-12-18(16)26-3)21-22-17-11-7-9-13-19(17)27-21/h6-13H,4-5,14-15H2,1-3H3. The first-order chi connectivity index (χ1) is 13.2. The van der Waals surface area contributed by atoms with Crippen LogP contribution in [-0.4, -0.2) is 48.2 Å². The van der Waals surface area contributed by atoms with Crippen LogP contribution in [0.3, 0.4) is 0 Å². The lowest BCUT2D eigenvalue weighted by Gasteiger charge is -2.25. The lowest BCUT2D eigenvalue weighted by atomic mass is 10.2. The minimum atomic E-state index is 0.0196. The number of fused-ring (bicyclic) bond motifs is 1. The van der Waals surface area contributed by atoms with Crippen LogP contribution in [0.15, 0.2) is 53.4 Å². The van der Waals surface area contributed by atoms with E-state index in [0.717, 1.165) is 45.4 Å². The maximum absolute atomic E-state index is 13.5. The third-order valence-corrected chi connectivity index (χ3v) is 6.49. The third-order valence-electron chi connectivity index (χ3n) is 4.63. The molecule has 0 saturated heterocycles. The molecule has 0 aliphatic heterocycles. The van der Waals surface area contributed by atoms with Crippen LogP contribution in [0, 0.1) is 0 Å². The Morgan fingerprint density at radius 1 is 1.04 bits per heavy atom. The van der Waals surface area contributed by atoms with Crippen LogP contribution < -0.4 is 4.90 Å². The van der Waals surface area contributed by atoms with Gasteiger partial charge in [-0.1, -0.05) is 49.4 Å². The van der Waals surface area contributed by atoms with Crippen LogP contribution in [0.25, 0.3) is 10.2 Å². The molecule has 0 saturated carbocycles. The van der Waals surface area contributed by atoms with E-state index in [0.29, 0.717) is 6.54 Å². The molecule has 0 spiro atoms. The molecular weight excluding hydrogens is 374 g/mol. The fourth-order valence-corrected chi connectivity index (χ4v) is 4.59. The monoisotopic (exact) mass is 399 g/mol. The number of rotatable bonds is 8. The van der Waals surface area contributed by atoms with Gasteiger partial charge in [0.05, 0.1) is 15.8 Å². The van der Waals surface area contributed by atoms with Crippen LogP contribution in [0.5, 0.6) is 0 Å². The molecule has 0 atom stereocenters. The fourth-order valence-electron chi connectivity index (χ4n) is 3.01. The van der Waals surface area contributed by atoms with Crippen molar-refractivity contribution in [3.8, 4) is 0 Å². The molecule has 0 N–H and O–H groups in total. The highest BCUT2D eigenvalue weighted by atomic mass is 32.2. The summed E-state index contributed by atoms with van der Waals surface area (Å²) in [4.78, 5) is 23.4. The predicted octanol–water partition coefficient (Wildman–Crippen LogP) is 5.01. The van der Waals surface area contributed by atoms with E-state index in [4.69, 9.17) is 4.98 Å². The summed E-state index contributed by atoms with van der Waals surface area (Å²) in [7, 11) is 0. The van der Waals surface area contributed by atoms with Crippen molar-refractivity contribution in [1.82, 2.24) is 9.88 Å². The summed E-state index contributed by atoms with van der Waals surface area (Å²) < 4.78 is 1.10. The molecular formula is C21H25N3OS2. The summed E-state index contributed by atoms with van der Waals surface area (Å²) in [5.41, 5.74) is 1.68. The number of nitrogens with zero attached hydrogens (tertiary/aromatic N) is 3. The Kier molecular flexibility index (Phi) is 6.88. The lowest BCUT2D eigenvalue weighted by molar-refractivity contribution is 0.0981. The van der Waals surface area contributed by atoms with Crippen molar-refractivity contribution in [1.29, 1.82) is 0 Å². The van der Waals surface area contributed by atoms with E-state index in [1.807, 2.05) is 53.6 Å². The first kappa shape index (κ1) is 19.9. The number of benzene rings is 2. The van der Waals surface area contributed by atoms with Gasteiger partial charge in [0.1, 0.15) is 0 Å². The normalized spacial score (nSPS) is 11.3. The second-order valence-corrected chi connectivity index (χ2v) is 8.01. The van der Waals surface area contributed by atoms with E-state index in [9.17, 15) is 4.79 Å². The average Bonchev–Trinajstić information content (AvgIpc) is 3.14. The zero-order chi connectivity index (χ0) is 19.2. The van der Waals surface area contributed by atoms with Crippen molar-refractivity contribution in [3.63, 3.8) is 0 Å². The number of amides is 1. The minimum absolute atomic E-state index is 0.0196. The number of aromatic nitrogens is 1. The van der Waals surface area contributed by atoms with Gasteiger partial charge < -0.3 is 4.90 Å². The van der Waals surface area contributed by atoms with Gasteiger partial charge in [0.2, 0.25) is 0 Å². The number of hydrogen-bond donors (Lipinski definition) is 0. The Labute approximate surface area is 169 Å². The Morgan fingerprint density at radius 3 is 2.44 bits per heavy atom. The molecule has 0 bridgehead atoms. The topological polar surface area (TPSA) is 36.4 Å². The van der Waals surface area contributed by atoms with Gasteiger partial charge in [-0.15, -0.1) is 11.8 Å². The molecule has 0 radical (unpaired) electrons. The molecule has 0 aliphatic rings. The summed E-state index contributed by atoms with van der Waals surface area (Å²) in [5.74, 6) is 0.0196. The number of thioether (sulfide) groups is 1. The molecule has 3 aromatic rings. The summed E-state index contributed by atoms with van der Waals surface area (Å²) in [6.45, 7) is 7.70. The number of anilines is 1. The van der Waals surface area contributed by atoms with Crippen molar-refractivity contribution in [2.45, 2.75) is 18.7 Å². The number of likely N-dealkylation sites (N-methyl/N-ethyl adjacent to an activating group) is 1. The quantitative estimate of drug-likeness (QED) is 0.499. The number of carbonyl (C=O) groups is 1. The Morgan fingerprint density at radius 2 is 1.74 bits per heavy atom. The minimum Gasteiger partial charge on any atom is -0.302 e. The highest BCUT2D eigenvalue weighted by Crippen LogP contribution is 2.31. The van der Waals surface area contributed by atoms with Gasteiger partial charge in [0, 0.05) is 18.0 Å². The molecule has 0 fully saturated rings.